The van der Waals surface area contributed by atoms with E-state index >= 15 is 0 Å². The Morgan fingerprint density at radius 1 is 1.44 bits per heavy atom. The molecular formula is C12H22N4. The number of hydrogen-bond acceptors (Lipinski definition) is 3. The predicted octanol–water partition coefficient (Wildman–Crippen LogP) is 1.46. The highest BCUT2D eigenvalue weighted by Gasteiger charge is 2.22. The van der Waals surface area contributed by atoms with Crippen LogP contribution < -0.4 is 5.32 Å². The molecule has 1 fully saturated rings. The average Bonchev–Trinajstić information content (AvgIpc) is 2.74. The van der Waals surface area contributed by atoms with Gasteiger partial charge in [-0.3, -0.25) is 4.90 Å². The monoisotopic (exact) mass is 222 g/mol. The van der Waals surface area contributed by atoms with Gasteiger partial charge in [0.2, 0.25) is 0 Å². The molecule has 16 heavy (non-hydrogen) atoms. The number of rotatable bonds is 4. The van der Waals surface area contributed by atoms with Crippen molar-refractivity contribution in [1.82, 2.24) is 20.2 Å². The van der Waals surface area contributed by atoms with Crippen LogP contribution in [0.15, 0.2) is 6.20 Å². The third kappa shape index (κ3) is 2.62. The summed E-state index contributed by atoms with van der Waals surface area (Å²) in [6, 6.07) is 0.450. The van der Waals surface area contributed by atoms with E-state index in [0.29, 0.717) is 6.04 Å². The van der Waals surface area contributed by atoms with Crippen LogP contribution in [-0.2, 0) is 0 Å². The highest BCUT2D eigenvalue weighted by molar-refractivity contribution is 5.07. The molecule has 1 saturated heterocycles. The minimum atomic E-state index is 0.450. The molecule has 2 rings (SSSR count). The van der Waals surface area contributed by atoms with Gasteiger partial charge in [-0.2, -0.15) is 0 Å². The van der Waals surface area contributed by atoms with Crippen LogP contribution in [0.3, 0.4) is 0 Å². The summed E-state index contributed by atoms with van der Waals surface area (Å²) in [5.74, 6) is 1.01. The molecule has 0 amide bonds. The number of aromatic nitrogens is 2. The summed E-state index contributed by atoms with van der Waals surface area (Å²) in [6.07, 6.45) is 6.01. The van der Waals surface area contributed by atoms with Crippen molar-refractivity contribution in [2.24, 2.45) is 0 Å². The lowest BCUT2D eigenvalue weighted by Crippen LogP contribution is -2.38. The van der Waals surface area contributed by atoms with Crippen LogP contribution in [0.5, 0.6) is 0 Å². The zero-order valence-corrected chi connectivity index (χ0v) is 10.3. The molecule has 2 N–H and O–H groups in total. The van der Waals surface area contributed by atoms with E-state index in [4.69, 9.17) is 0 Å². The first kappa shape index (κ1) is 11.6. The molecule has 0 aliphatic carbocycles. The number of aryl methyl sites for hydroxylation is 1. The Balaban J connectivity index is 2.09. The van der Waals surface area contributed by atoms with E-state index in [-0.39, 0.29) is 0 Å². The fraction of sp³-hybridized carbons (Fsp3) is 0.750. The maximum absolute atomic E-state index is 4.30. The fourth-order valence-corrected chi connectivity index (χ4v) is 2.47. The summed E-state index contributed by atoms with van der Waals surface area (Å²) in [5, 5.41) is 3.28. The van der Waals surface area contributed by atoms with Gasteiger partial charge in [-0.15, -0.1) is 0 Å². The van der Waals surface area contributed by atoms with Gasteiger partial charge in [0.25, 0.3) is 0 Å². The number of likely N-dealkylation sites (tertiary alicyclic amines) is 1. The molecule has 0 saturated carbocycles. The molecule has 1 aliphatic heterocycles. The van der Waals surface area contributed by atoms with Crippen molar-refractivity contribution in [2.75, 3.05) is 26.7 Å². The van der Waals surface area contributed by atoms with Crippen molar-refractivity contribution in [3.05, 3.63) is 17.7 Å². The van der Waals surface area contributed by atoms with E-state index in [1.54, 1.807) is 0 Å². The second-order valence-corrected chi connectivity index (χ2v) is 4.59. The van der Waals surface area contributed by atoms with Gasteiger partial charge < -0.3 is 10.3 Å². The molecule has 0 aromatic carbocycles. The first-order valence-electron chi connectivity index (χ1n) is 6.21. The zero-order valence-electron chi connectivity index (χ0n) is 10.3. The standard InChI is InChI=1S/C12H22N4/c1-10-14-8-11(15-10)12(9-13-2)16-6-4-3-5-7-16/h8,12-13H,3-7,9H2,1-2H3,(H,14,15). The topological polar surface area (TPSA) is 44.0 Å². The smallest absolute Gasteiger partial charge is 0.103 e. The minimum Gasteiger partial charge on any atom is -0.345 e. The van der Waals surface area contributed by atoms with Gasteiger partial charge in [-0.1, -0.05) is 6.42 Å². The maximum Gasteiger partial charge on any atom is 0.103 e. The van der Waals surface area contributed by atoms with Gasteiger partial charge in [-0.05, 0) is 39.9 Å². The van der Waals surface area contributed by atoms with Crippen LogP contribution in [-0.4, -0.2) is 41.5 Å². The van der Waals surface area contributed by atoms with E-state index in [1.165, 1.54) is 38.0 Å². The van der Waals surface area contributed by atoms with Gasteiger partial charge in [0.05, 0.1) is 11.7 Å². The Morgan fingerprint density at radius 3 is 2.75 bits per heavy atom. The molecular weight excluding hydrogens is 200 g/mol. The second kappa shape index (κ2) is 5.46. The highest BCUT2D eigenvalue weighted by Crippen LogP contribution is 2.22. The van der Waals surface area contributed by atoms with Gasteiger partial charge >= 0.3 is 0 Å². The molecule has 1 aromatic rings. The largest absolute Gasteiger partial charge is 0.345 e. The summed E-state index contributed by atoms with van der Waals surface area (Å²) >= 11 is 0. The molecule has 2 heterocycles. The lowest BCUT2D eigenvalue weighted by Gasteiger charge is -2.33. The second-order valence-electron chi connectivity index (χ2n) is 4.59. The summed E-state index contributed by atoms with van der Waals surface area (Å²) in [6.45, 7) is 5.42. The summed E-state index contributed by atoms with van der Waals surface area (Å²) in [7, 11) is 2.01. The first-order valence-corrected chi connectivity index (χ1v) is 6.21. The van der Waals surface area contributed by atoms with E-state index < -0.39 is 0 Å². The molecule has 1 unspecified atom stereocenters. The van der Waals surface area contributed by atoms with Gasteiger partial charge in [0.15, 0.2) is 0 Å². The Kier molecular flexibility index (Phi) is 3.96. The Hall–Kier alpha value is -0.870. The van der Waals surface area contributed by atoms with E-state index in [1.807, 2.05) is 20.2 Å². The summed E-state index contributed by atoms with van der Waals surface area (Å²) in [4.78, 5) is 10.2. The van der Waals surface area contributed by atoms with Crippen LogP contribution in [0.2, 0.25) is 0 Å². The zero-order chi connectivity index (χ0) is 11.4. The predicted molar refractivity (Wildman–Crippen MR) is 65.4 cm³/mol. The lowest BCUT2D eigenvalue weighted by molar-refractivity contribution is 0.159. The SMILES string of the molecule is CNCC(c1cnc(C)[nH]1)N1CCCCC1. The van der Waals surface area contributed by atoms with Crippen molar-refractivity contribution in [2.45, 2.75) is 32.2 Å². The molecule has 0 radical (unpaired) electrons. The van der Waals surface area contributed by atoms with Crippen LogP contribution in [0, 0.1) is 6.92 Å². The van der Waals surface area contributed by atoms with Gasteiger partial charge in [-0.25, -0.2) is 4.98 Å². The molecule has 4 heteroatoms. The van der Waals surface area contributed by atoms with Crippen molar-refractivity contribution < 1.29 is 0 Å². The van der Waals surface area contributed by atoms with E-state index in [0.717, 1.165) is 12.4 Å². The van der Waals surface area contributed by atoms with Crippen molar-refractivity contribution >= 4 is 0 Å². The normalized spacial score (nSPS) is 19.9. The van der Waals surface area contributed by atoms with Crippen molar-refractivity contribution in [3.63, 3.8) is 0 Å². The van der Waals surface area contributed by atoms with Crippen molar-refractivity contribution in [3.8, 4) is 0 Å². The molecule has 1 aromatic heterocycles. The number of nitrogens with zero attached hydrogens (tertiary/aromatic N) is 2. The third-order valence-corrected chi connectivity index (χ3v) is 3.31. The molecule has 90 valence electrons. The minimum absolute atomic E-state index is 0.450. The maximum atomic E-state index is 4.30. The molecule has 1 aliphatic rings. The van der Waals surface area contributed by atoms with Crippen LogP contribution in [0.25, 0.3) is 0 Å². The Morgan fingerprint density at radius 2 is 2.19 bits per heavy atom. The lowest BCUT2D eigenvalue weighted by atomic mass is 10.1. The molecule has 0 spiro atoms. The highest BCUT2D eigenvalue weighted by atomic mass is 15.2. The number of aromatic amines is 1. The Bertz CT molecular complexity index is 315. The number of hydrogen-bond donors (Lipinski definition) is 2. The molecule has 1 atom stereocenters. The Labute approximate surface area is 97.4 Å². The number of nitrogens with one attached hydrogen (secondary N) is 2. The fourth-order valence-electron chi connectivity index (χ4n) is 2.47. The molecule has 4 nitrogen and oxygen atoms in total. The number of piperidine rings is 1. The number of imidazole rings is 1. The average molecular weight is 222 g/mol. The number of H-pyrrole nitrogens is 1. The van der Waals surface area contributed by atoms with Gasteiger partial charge in [0, 0.05) is 12.7 Å². The third-order valence-electron chi connectivity index (χ3n) is 3.31. The van der Waals surface area contributed by atoms with Gasteiger partial charge in [0.1, 0.15) is 5.82 Å². The summed E-state index contributed by atoms with van der Waals surface area (Å²) in [5.41, 5.74) is 1.24. The van der Waals surface area contributed by atoms with Crippen LogP contribution in [0.1, 0.15) is 36.8 Å². The van der Waals surface area contributed by atoms with E-state index in [9.17, 15) is 0 Å². The quantitative estimate of drug-likeness (QED) is 0.810. The number of likely N-dealkylation sites (N-methyl/N-ethyl adjacent to an activating group) is 1. The van der Waals surface area contributed by atoms with E-state index in [2.05, 4.69) is 20.2 Å². The van der Waals surface area contributed by atoms with Crippen LogP contribution in [0.4, 0.5) is 0 Å². The van der Waals surface area contributed by atoms with Crippen molar-refractivity contribution in [1.29, 1.82) is 0 Å². The summed E-state index contributed by atoms with van der Waals surface area (Å²) < 4.78 is 0. The first-order chi connectivity index (χ1) is 7.81. The molecule has 0 bridgehead atoms. The van der Waals surface area contributed by atoms with Crippen LogP contribution >= 0.6 is 0 Å².